The lowest BCUT2D eigenvalue weighted by atomic mass is 9.96. The molecule has 7 heteroatoms. The van der Waals surface area contributed by atoms with E-state index in [1.807, 2.05) is 36.5 Å². The lowest BCUT2D eigenvalue weighted by Gasteiger charge is -2.29. The highest BCUT2D eigenvalue weighted by atomic mass is 32.1. The molecule has 0 unspecified atom stereocenters. The number of ether oxygens (including phenoxy) is 2. The number of thiocarbonyl (C=S) groups is 1. The largest absolute Gasteiger partial charge is 0.497 e. The van der Waals surface area contributed by atoms with E-state index in [1.54, 1.807) is 14.2 Å². The Morgan fingerprint density at radius 2 is 1.79 bits per heavy atom. The fourth-order valence-corrected chi connectivity index (χ4v) is 6.01. The Balaban J connectivity index is 1.73. The molecule has 0 spiro atoms. The molecule has 2 aromatic carbocycles. The lowest BCUT2D eigenvalue weighted by Crippen LogP contribution is -2.30. The van der Waals surface area contributed by atoms with Gasteiger partial charge < -0.3 is 24.3 Å². The summed E-state index contributed by atoms with van der Waals surface area (Å²) in [5.41, 5.74) is 9.21. The van der Waals surface area contributed by atoms with Crippen LogP contribution >= 0.6 is 12.2 Å². The monoisotopic (exact) mass is 526 g/mol. The van der Waals surface area contributed by atoms with Gasteiger partial charge in [-0.2, -0.15) is 0 Å². The van der Waals surface area contributed by atoms with Crippen LogP contribution in [0.25, 0.3) is 5.69 Å². The summed E-state index contributed by atoms with van der Waals surface area (Å²) in [6.07, 6.45) is 2.79. The van der Waals surface area contributed by atoms with Gasteiger partial charge in [-0.1, -0.05) is 31.2 Å². The van der Waals surface area contributed by atoms with Gasteiger partial charge in [0.2, 0.25) is 0 Å². The minimum atomic E-state index is -0.146. The zero-order valence-corrected chi connectivity index (χ0v) is 23.6. The molecule has 1 N–H and O–H groups in total. The van der Waals surface area contributed by atoms with Crippen molar-refractivity contribution in [2.75, 3.05) is 19.1 Å². The standard InChI is InChI=1S/C31H34N4O2S/c1-7-22-12-10-11-19(2)29(22)34-20(3)17-24(21(34)4)30-28(25-13-8-9-16-32-25)33-31(38)35(30)26-15-14-23(36-5)18-27(26)37-6/h8-18,28,30H,7H2,1-6H3,(H,33,38)/t28-,30+/m1/s1. The van der Waals surface area contributed by atoms with E-state index in [9.17, 15) is 0 Å². The first-order valence-corrected chi connectivity index (χ1v) is 13.3. The van der Waals surface area contributed by atoms with Crippen LogP contribution in [-0.4, -0.2) is 28.9 Å². The normalized spacial score (nSPS) is 17.0. The maximum Gasteiger partial charge on any atom is 0.174 e. The first kappa shape index (κ1) is 25.8. The Morgan fingerprint density at radius 3 is 2.47 bits per heavy atom. The second kappa shape index (κ2) is 10.5. The van der Waals surface area contributed by atoms with Crippen LogP contribution in [0.1, 0.15) is 52.8 Å². The second-order valence-corrected chi connectivity index (χ2v) is 10.0. The zero-order chi connectivity index (χ0) is 27.0. The van der Waals surface area contributed by atoms with Crippen molar-refractivity contribution < 1.29 is 9.47 Å². The van der Waals surface area contributed by atoms with Crippen LogP contribution in [0.2, 0.25) is 0 Å². The van der Waals surface area contributed by atoms with E-state index in [2.05, 4.69) is 72.8 Å². The minimum Gasteiger partial charge on any atom is -0.497 e. The van der Waals surface area contributed by atoms with Crippen molar-refractivity contribution in [2.24, 2.45) is 0 Å². The summed E-state index contributed by atoms with van der Waals surface area (Å²) in [4.78, 5) is 6.89. The highest BCUT2D eigenvalue weighted by Gasteiger charge is 2.43. The van der Waals surface area contributed by atoms with Gasteiger partial charge in [-0.25, -0.2) is 0 Å². The molecule has 0 saturated carbocycles. The van der Waals surface area contributed by atoms with Crippen molar-refractivity contribution >= 4 is 23.0 Å². The molecule has 196 valence electrons. The Bertz CT molecular complexity index is 1480. The molecule has 1 fully saturated rings. The van der Waals surface area contributed by atoms with Gasteiger partial charge >= 0.3 is 0 Å². The molecule has 0 radical (unpaired) electrons. The van der Waals surface area contributed by atoms with Crippen LogP contribution < -0.4 is 19.7 Å². The van der Waals surface area contributed by atoms with Crippen molar-refractivity contribution in [3.63, 3.8) is 0 Å². The molecule has 4 aromatic rings. The molecule has 1 aliphatic heterocycles. The summed E-state index contributed by atoms with van der Waals surface area (Å²) < 4.78 is 13.7. The van der Waals surface area contributed by atoms with E-state index < -0.39 is 0 Å². The number of rotatable bonds is 7. The quantitative estimate of drug-likeness (QED) is 0.276. The van der Waals surface area contributed by atoms with Gasteiger partial charge in [0, 0.05) is 23.7 Å². The van der Waals surface area contributed by atoms with E-state index in [0.717, 1.165) is 23.6 Å². The lowest BCUT2D eigenvalue weighted by molar-refractivity contribution is 0.394. The van der Waals surface area contributed by atoms with E-state index in [4.69, 9.17) is 26.7 Å². The topological polar surface area (TPSA) is 51.6 Å². The van der Waals surface area contributed by atoms with Crippen LogP contribution in [0.4, 0.5) is 5.69 Å². The first-order chi connectivity index (χ1) is 18.4. The van der Waals surface area contributed by atoms with Gasteiger partial charge in [-0.15, -0.1) is 0 Å². The Hall–Kier alpha value is -3.84. The van der Waals surface area contributed by atoms with Crippen LogP contribution in [0.15, 0.2) is 66.9 Å². The number of benzene rings is 2. The van der Waals surface area contributed by atoms with E-state index in [0.29, 0.717) is 10.9 Å². The number of hydrogen-bond acceptors (Lipinski definition) is 4. The molecule has 0 amide bonds. The molecule has 1 saturated heterocycles. The van der Waals surface area contributed by atoms with Crippen LogP contribution in [-0.2, 0) is 6.42 Å². The van der Waals surface area contributed by atoms with Gasteiger partial charge in [0.05, 0.1) is 43.4 Å². The van der Waals surface area contributed by atoms with Gasteiger partial charge in [0.15, 0.2) is 5.11 Å². The maximum absolute atomic E-state index is 5.98. The number of para-hydroxylation sites is 1. The SMILES string of the molecule is CCc1cccc(C)c1-n1c(C)cc([C@H]2[C@@H](c3ccccn3)NC(=S)N2c2ccc(OC)cc2OC)c1C. The molecule has 1 aliphatic rings. The number of pyridine rings is 1. The Kier molecular flexibility index (Phi) is 7.13. The van der Waals surface area contributed by atoms with Gasteiger partial charge in [-0.3, -0.25) is 4.98 Å². The highest BCUT2D eigenvalue weighted by Crippen LogP contribution is 2.47. The number of aromatic nitrogens is 2. The fourth-order valence-electron chi connectivity index (χ4n) is 5.67. The van der Waals surface area contributed by atoms with Crippen molar-refractivity contribution in [1.29, 1.82) is 0 Å². The van der Waals surface area contributed by atoms with Gasteiger partial charge in [0.1, 0.15) is 11.5 Å². The van der Waals surface area contributed by atoms with Crippen LogP contribution in [0.5, 0.6) is 11.5 Å². The number of methoxy groups -OCH3 is 2. The molecule has 0 aliphatic carbocycles. The van der Waals surface area contributed by atoms with Crippen LogP contribution in [0.3, 0.4) is 0 Å². The number of aryl methyl sites for hydroxylation is 3. The third-order valence-corrected chi connectivity index (χ3v) is 7.77. The Labute approximate surface area is 230 Å². The third kappa shape index (κ3) is 4.31. The molecule has 38 heavy (non-hydrogen) atoms. The molecule has 2 aromatic heterocycles. The van der Waals surface area contributed by atoms with Crippen molar-refractivity contribution in [1.82, 2.24) is 14.9 Å². The van der Waals surface area contributed by atoms with Crippen molar-refractivity contribution in [2.45, 2.75) is 46.2 Å². The number of nitrogens with one attached hydrogen (secondary N) is 1. The minimum absolute atomic E-state index is 0.145. The molecule has 5 rings (SSSR count). The highest BCUT2D eigenvalue weighted by molar-refractivity contribution is 7.80. The van der Waals surface area contributed by atoms with Gasteiger partial charge in [-0.05, 0) is 86.4 Å². The molecule has 3 heterocycles. The predicted octanol–water partition coefficient (Wildman–Crippen LogP) is 6.55. The number of hydrogen-bond donors (Lipinski definition) is 1. The van der Waals surface area contributed by atoms with E-state index >= 15 is 0 Å². The average Bonchev–Trinajstić information content (AvgIpc) is 3.43. The number of nitrogens with zero attached hydrogens (tertiary/aromatic N) is 3. The molecule has 6 nitrogen and oxygen atoms in total. The van der Waals surface area contributed by atoms with Crippen LogP contribution in [0, 0.1) is 20.8 Å². The summed E-state index contributed by atoms with van der Waals surface area (Å²) in [7, 11) is 3.33. The summed E-state index contributed by atoms with van der Waals surface area (Å²) >= 11 is 5.98. The summed E-state index contributed by atoms with van der Waals surface area (Å²) in [5, 5.41) is 4.20. The zero-order valence-electron chi connectivity index (χ0n) is 22.8. The number of anilines is 1. The molecule has 2 atom stereocenters. The Morgan fingerprint density at radius 1 is 0.974 bits per heavy atom. The predicted molar refractivity (Wildman–Crippen MR) is 157 cm³/mol. The summed E-state index contributed by atoms with van der Waals surface area (Å²) in [6.45, 7) is 8.78. The maximum atomic E-state index is 5.98. The smallest absolute Gasteiger partial charge is 0.174 e. The average molecular weight is 527 g/mol. The van der Waals surface area contributed by atoms with Crippen molar-refractivity contribution in [3.8, 4) is 17.2 Å². The van der Waals surface area contributed by atoms with Crippen molar-refractivity contribution in [3.05, 3.63) is 101 Å². The molecular formula is C31H34N4O2S. The van der Waals surface area contributed by atoms with E-state index in [1.165, 1.54) is 33.8 Å². The fraction of sp³-hybridized carbons (Fsp3) is 0.290. The van der Waals surface area contributed by atoms with E-state index in [-0.39, 0.29) is 12.1 Å². The summed E-state index contributed by atoms with van der Waals surface area (Å²) in [5.74, 6) is 1.42. The molecular weight excluding hydrogens is 492 g/mol. The third-order valence-electron chi connectivity index (χ3n) is 7.46. The summed E-state index contributed by atoms with van der Waals surface area (Å²) in [6, 6.07) is 20.4. The second-order valence-electron chi connectivity index (χ2n) is 9.63. The van der Waals surface area contributed by atoms with Gasteiger partial charge in [0.25, 0.3) is 0 Å². The first-order valence-electron chi connectivity index (χ1n) is 12.9. The molecule has 0 bridgehead atoms.